The fourth-order valence-corrected chi connectivity index (χ4v) is 2.21. The van der Waals surface area contributed by atoms with Gasteiger partial charge < -0.3 is 14.8 Å². The van der Waals surface area contributed by atoms with Crippen LogP contribution in [0.4, 0.5) is 0 Å². The van der Waals surface area contributed by atoms with Gasteiger partial charge in [0.25, 0.3) is 0 Å². The van der Waals surface area contributed by atoms with Gasteiger partial charge in [0.2, 0.25) is 0 Å². The highest BCUT2D eigenvalue weighted by Crippen LogP contribution is 2.25. The number of H-pyrrole nitrogens is 1. The lowest BCUT2D eigenvalue weighted by molar-refractivity contribution is 0.215. The average molecular weight is 280 g/mol. The van der Waals surface area contributed by atoms with Crippen molar-refractivity contribution in [1.29, 1.82) is 0 Å². The van der Waals surface area contributed by atoms with E-state index in [-0.39, 0.29) is 0 Å². The standard InChI is InChI=1S/C17H16N2O2/c1-21-14-9-5-8-13(10-14)16(20)15-11-18-17(19-15)12-6-3-2-4-7-12/h2-11,16,20H,1H3,(H,18,19). The largest absolute Gasteiger partial charge is 0.497 e. The fraction of sp³-hybridized carbons (Fsp3) is 0.118. The molecule has 2 aromatic carbocycles. The number of aromatic nitrogens is 2. The number of aromatic amines is 1. The van der Waals surface area contributed by atoms with E-state index in [1.807, 2.05) is 54.6 Å². The first-order valence-corrected chi connectivity index (χ1v) is 6.70. The molecule has 2 N–H and O–H groups in total. The van der Waals surface area contributed by atoms with Gasteiger partial charge in [-0.25, -0.2) is 4.98 Å². The molecule has 1 unspecified atom stereocenters. The predicted octanol–water partition coefficient (Wildman–Crippen LogP) is 3.17. The first-order chi connectivity index (χ1) is 10.3. The van der Waals surface area contributed by atoms with Crippen LogP contribution in [0.2, 0.25) is 0 Å². The fourth-order valence-electron chi connectivity index (χ4n) is 2.21. The molecule has 0 radical (unpaired) electrons. The number of nitrogens with one attached hydrogen (secondary N) is 1. The normalized spacial score (nSPS) is 12.1. The number of benzene rings is 2. The van der Waals surface area contributed by atoms with Crippen LogP contribution in [0.15, 0.2) is 60.8 Å². The molecule has 0 aliphatic carbocycles. The van der Waals surface area contributed by atoms with Crippen molar-refractivity contribution >= 4 is 0 Å². The van der Waals surface area contributed by atoms with Gasteiger partial charge in [0, 0.05) is 5.56 Å². The molecule has 0 bridgehead atoms. The van der Waals surface area contributed by atoms with Crippen LogP contribution in [0.25, 0.3) is 11.4 Å². The maximum absolute atomic E-state index is 10.4. The monoisotopic (exact) mass is 280 g/mol. The Hall–Kier alpha value is -2.59. The van der Waals surface area contributed by atoms with Gasteiger partial charge in [0.05, 0.1) is 19.0 Å². The molecule has 0 saturated heterocycles. The molecule has 3 aromatic rings. The van der Waals surface area contributed by atoms with Gasteiger partial charge in [0.1, 0.15) is 17.7 Å². The van der Waals surface area contributed by atoms with Crippen molar-refractivity contribution in [3.05, 3.63) is 72.1 Å². The third kappa shape index (κ3) is 2.80. The van der Waals surface area contributed by atoms with Gasteiger partial charge in [-0.2, -0.15) is 0 Å². The number of hydrogen-bond acceptors (Lipinski definition) is 3. The quantitative estimate of drug-likeness (QED) is 0.771. The molecule has 0 saturated carbocycles. The molecule has 0 aliphatic rings. The van der Waals surface area contributed by atoms with Crippen molar-refractivity contribution in [2.75, 3.05) is 7.11 Å². The van der Waals surface area contributed by atoms with E-state index in [0.29, 0.717) is 11.4 Å². The molecule has 1 heterocycles. The number of imidazole rings is 1. The zero-order valence-corrected chi connectivity index (χ0v) is 11.7. The molecule has 0 aliphatic heterocycles. The molecule has 4 nitrogen and oxygen atoms in total. The Morgan fingerprint density at radius 2 is 1.90 bits per heavy atom. The van der Waals surface area contributed by atoms with E-state index in [2.05, 4.69) is 9.97 Å². The third-order valence-electron chi connectivity index (χ3n) is 3.35. The van der Waals surface area contributed by atoms with Crippen LogP contribution in [0.3, 0.4) is 0 Å². The molecule has 106 valence electrons. The molecule has 21 heavy (non-hydrogen) atoms. The number of hydrogen-bond donors (Lipinski definition) is 2. The maximum atomic E-state index is 10.4. The molecule has 0 amide bonds. The Labute approximate surface area is 123 Å². The number of rotatable bonds is 4. The van der Waals surface area contributed by atoms with Crippen LogP contribution in [0, 0.1) is 0 Å². The number of aliphatic hydroxyl groups excluding tert-OH is 1. The lowest BCUT2D eigenvalue weighted by Crippen LogP contribution is -2.00. The van der Waals surface area contributed by atoms with E-state index in [1.165, 1.54) is 0 Å². The van der Waals surface area contributed by atoms with E-state index in [0.717, 1.165) is 17.0 Å². The number of nitrogens with zero attached hydrogens (tertiary/aromatic N) is 1. The first-order valence-electron chi connectivity index (χ1n) is 6.70. The number of aliphatic hydroxyl groups is 1. The summed E-state index contributed by atoms with van der Waals surface area (Å²) in [6, 6.07) is 17.2. The van der Waals surface area contributed by atoms with Crippen LogP contribution in [0.1, 0.15) is 17.4 Å². The van der Waals surface area contributed by atoms with E-state index in [1.54, 1.807) is 13.3 Å². The summed E-state index contributed by atoms with van der Waals surface area (Å²) in [4.78, 5) is 7.49. The molecule has 4 heteroatoms. The Bertz CT molecular complexity index is 722. The van der Waals surface area contributed by atoms with Gasteiger partial charge >= 0.3 is 0 Å². The molecular weight excluding hydrogens is 264 g/mol. The van der Waals surface area contributed by atoms with Gasteiger partial charge in [0.15, 0.2) is 0 Å². The van der Waals surface area contributed by atoms with Gasteiger partial charge in [-0.3, -0.25) is 0 Å². The molecule has 1 atom stereocenters. The highest BCUT2D eigenvalue weighted by atomic mass is 16.5. The minimum Gasteiger partial charge on any atom is -0.497 e. The van der Waals surface area contributed by atoms with E-state index < -0.39 is 6.10 Å². The SMILES string of the molecule is COc1cccc(C(O)c2cnc(-c3ccccc3)[nH]2)c1. The molecule has 0 spiro atoms. The first kappa shape index (κ1) is 13.4. The third-order valence-corrected chi connectivity index (χ3v) is 3.35. The minimum absolute atomic E-state index is 0.655. The lowest BCUT2D eigenvalue weighted by atomic mass is 10.1. The van der Waals surface area contributed by atoms with Crippen molar-refractivity contribution in [1.82, 2.24) is 9.97 Å². The second-order valence-electron chi connectivity index (χ2n) is 4.73. The molecule has 0 fully saturated rings. The van der Waals surface area contributed by atoms with Crippen molar-refractivity contribution in [3.8, 4) is 17.1 Å². The Kier molecular flexibility index (Phi) is 3.71. The summed E-state index contributed by atoms with van der Waals surface area (Å²) in [6.07, 6.45) is 0.900. The van der Waals surface area contributed by atoms with E-state index in [9.17, 15) is 5.11 Å². The van der Waals surface area contributed by atoms with Crippen molar-refractivity contribution < 1.29 is 9.84 Å². The number of methoxy groups -OCH3 is 1. The molecule has 1 aromatic heterocycles. The van der Waals surface area contributed by atoms with Crippen molar-refractivity contribution in [2.24, 2.45) is 0 Å². The summed E-state index contributed by atoms with van der Waals surface area (Å²) in [5.41, 5.74) is 2.40. The van der Waals surface area contributed by atoms with Gasteiger partial charge in [-0.05, 0) is 17.7 Å². The van der Waals surface area contributed by atoms with Crippen LogP contribution in [-0.4, -0.2) is 22.2 Å². The highest BCUT2D eigenvalue weighted by Gasteiger charge is 2.14. The summed E-state index contributed by atoms with van der Waals surface area (Å²) in [6.45, 7) is 0. The second kappa shape index (κ2) is 5.81. The summed E-state index contributed by atoms with van der Waals surface area (Å²) in [7, 11) is 1.61. The second-order valence-corrected chi connectivity index (χ2v) is 4.73. The van der Waals surface area contributed by atoms with E-state index >= 15 is 0 Å². The lowest BCUT2D eigenvalue weighted by Gasteiger charge is -2.10. The van der Waals surface area contributed by atoms with Crippen molar-refractivity contribution in [2.45, 2.75) is 6.10 Å². The van der Waals surface area contributed by atoms with Crippen LogP contribution in [0.5, 0.6) is 5.75 Å². The molecular formula is C17H16N2O2. The summed E-state index contributed by atoms with van der Waals surface area (Å²) >= 11 is 0. The highest BCUT2D eigenvalue weighted by molar-refractivity contribution is 5.55. The Balaban J connectivity index is 1.88. The summed E-state index contributed by atoms with van der Waals surface area (Å²) < 4.78 is 5.18. The molecule has 3 rings (SSSR count). The van der Waals surface area contributed by atoms with Crippen molar-refractivity contribution in [3.63, 3.8) is 0 Å². The zero-order valence-electron chi connectivity index (χ0n) is 11.7. The smallest absolute Gasteiger partial charge is 0.137 e. The zero-order chi connectivity index (χ0) is 14.7. The summed E-state index contributed by atoms with van der Waals surface area (Å²) in [5, 5.41) is 10.4. The average Bonchev–Trinajstić information content (AvgIpc) is 3.05. The van der Waals surface area contributed by atoms with Crippen LogP contribution in [-0.2, 0) is 0 Å². The van der Waals surface area contributed by atoms with Crippen LogP contribution >= 0.6 is 0 Å². The topological polar surface area (TPSA) is 58.1 Å². The Morgan fingerprint density at radius 3 is 2.67 bits per heavy atom. The van der Waals surface area contributed by atoms with Crippen LogP contribution < -0.4 is 4.74 Å². The summed E-state index contributed by atoms with van der Waals surface area (Å²) in [5.74, 6) is 1.46. The Morgan fingerprint density at radius 1 is 1.10 bits per heavy atom. The minimum atomic E-state index is -0.759. The van der Waals surface area contributed by atoms with E-state index in [4.69, 9.17) is 4.74 Å². The van der Waals surface area contributed by atoms with Gasteiger partial charge in [-0.1, -0.05) is 42.5 Å². The van der Waals surface area contributed by atoms with Gasteiger partial charge in [-0.15, -0.1) is 0 Å². The number of ether oxygens (including phenoxy) is 1. The predicted molar refractivity (Wildman–Crippen MR) is 81.1 cm³/mol. The maximum Gasteiger partial charge on any atom is 0.137 e.